The van der Waals surface area contributed by atoms with E-state index in [1.807, 2.05) is 36.4 Å². The molecule has 4 rings (SSSR count). The van der Waals surface area contributed by atoms with Gasteiger partial charge in [0, 0.05) is 6.54 Å². The summed E-state index contributed by atoms with van der Waals surface area (Å²) in [5.74, 6) is 0.146. The molecule has 0 radical (unpaired) electrons. The molecule has 0 spiro atoms. The lowest BCUT2D eigenvalue weighted by molar-refractivity contribution is 0.0933. The summed E-state index contributed by atoms with van der Waals surface area (Å²) in [6, 6.07) is 18.6. The minimum atomic E-state index is -3.56. The molecule has 3 unspecified atom stereocenters. The van der Waals surface area contributed by atoms with Gasteiger partial charge in [0.1, 0.15) is 0 Å². The van der Waals surface area contributed by atoms with Crippen molar-refractivity contribution in [3.05, 3.63) is 66.2 Å². The topological polar surface area (TPSA) is 37.4 Å². The molecule has 0 N–H and O–H groups in total. The maximum Gasteiger partial charge on any atom is 0.243 e. The average molecular weight is 390 g/mol. The second kappa shape index (κ2) is 6.99. The highest BCUT2D eigenvalue weighted by molar-refractivity contribution is 7.89. The quantitative estimate of drug-likeness (QED) is 0.693. The lowest BCUT2D eigenvalue weighted by atomic mass is 9.69. The van der Waals surface area contributed by atoms with Crippen LogP contribution in [0, 0.1) is 5.92 Å². The lowest BCUT2D eigenvalue weighted by Gasteiger charge is -2.51. The molecule has 0 aromatic heterocycles. The van der Waals surface area contributed by atoms with Crippen molar-refractivity contribution in [2.24, 2.45) is 5.92 Å². The van der Waals surface area contributed by atoms with Gasteiger partial charge in [-0.05, 0) is 42.9 Å². The van der Waals surface area contributed by atoms with Gasteiger partial charge in [0.25, 0.3) is 0 Å². The molecular weight excluding hydrogens is 366 g/mol. The van der Waals surface area contributed by atoms with Crippen LogP contribution in [0.25, 0.3) is 0 Å². The number of fused-ring (bicyclic) bond motifs is 1. The van der Waals surface area contributed by atoms with E-state index in [0.717, 1.165) is 31.2 Å². The third-order valence-corrected chi connectivity index (χ3v) is 8.51. The van der Waals surface area contributed by atoms with Crippen LogP contribution in [0.2, 0.25) is 0 Å². The highest BCUT2D eigenvalue weighted by Gasteiger charge is 2.51. The lowest BCUT2D eigenvalue weighted by Crippen LogP contribution is -2.53. The van der Waals surface area contributed by atoms with E-state index in [9.17, 15) is 8.42 Å². The van der Waals surface area contributed by atoms with Gasteiger partial charge in [0.2, 0.25) is 10.0 Å². The Morgan fingerprint density at radius 3 is 2.27 bits per heavy atom. The summed E-state index contributed by atoms with van der Waals surface area (Å²) in [5.41, 5.74) is 1.05. The third-order valence-electron chi connectivity index (χ3n) is 5.95. The van der Waals surface area contributed by atoms with E-state index in [0.29, 0.717) is 17.9 Å². The van der Waals surface area contributed by atoms with Crippen molar-refractivity contribution in [3.63, 3.8) is 0 Å². The van der Waals surface area contributed by atoms with Crippen LogP contribution in [0.1, 0.15) is 43.7 Å². The molecule has 2 aromatic rings. The predicted molar refractivity (Wildman–Crippen MR) is 105 cm³/mol. The van der Waals surface area contributed by atoms with Crippen molar-refractivity contribution >= 4 is 21.6 Å². The van der Waals surface area contributed by atoms with Gasteiger partial charge in [0.15, 0.2) is 0 Å². The van der Waals surface area contributed by atoms with Gasteiger partial charge >= 0.3 is 0 Å². The van der Waals surface area contributed by atoms with Crippen molar-refractivity contribution < 1.29 is 8.42 Å². The Bertz CT molecular complexity index is 856. The van der Waals surface area contributed by atoms with Crippen LogP contribution in [0.4, 0.5) is 0 Å². The predicted octanol–water partition coefficient (Wildman–Crippen LogP) is 4.99. The minimum absolute atomic E-state index is 0.146. The molecule has 1 aliphatic heterocycles. The van der Waals surface area contributed by atoms with Crippen molar-refractivity contribution in [3.8, 4) is 0 Å². The van der Waals surface area contributed by atoms with Gasteiger partial charge in [-0.25, -0.2) is 8.42 Å². The summed E-state index contributed by atoms with van der Waals surface area (Å²) in [6.07, 6.45) is 4.91. The van der Waals surface area contributed by atoms with Gasteiger partial charge < -0.3 is 0 Å². The molecule has 0 bridgehead atoms. The largest absolute Gasteiger partial charge is 0.243 e. The summed E-state index contributed by atoms with van der Waals surface area (Å²) in [6.45, 7) is 0.469. The van der Waals surface area contributed by atoms with E-state index < -0.39 is 10.0 Å². The van der Waals surface area contributed by atoms with Gasteiger partial charge in [-0.3, -0.25) is 0 Å². The molecule has 2 fully saturated rings. The second-order valence-electron chi connectivity index (χ2n) is 7.42. The molecule has 2 aliphatic rings. The van der Waals surface area contributed by atoms with E-state index in [-0.39, 0.29) is 16.8 Å². The fourth-order valence-corrected chi connectivity index (χ4v) is 6.78. The van der Waals surface area contributed by atoms with E-state index in [1.54, 1.807) is 28.6 Å². The van der Waals surface area contributed by atoms with Gasteiger partial charge in [0.05, 0.1) is 15.8 Å². The summed E-state index contributed by atoms with van der Waals surface area (Å²) in [7, 11) is -3.56. The summed E-state index contributed by atoms with van der Waals surface area (Å²) < 4.78 is 28.6. The van der Waals surface area contributed by atoms with Crippen LogP contribution >= 0.6 is 11.6 Å². The summed E-state index contributed by atoms with van der Waals surface area (Å²) in [4.78, 5) is 0.0698. The molecule has 2 aromatic carbocycles. The molecule has 1 saturated heterocycles. The molecule has 26 heavy (non-hydrogen) atoms. The SMILES string of the molecule is O=S(=O)(c1ccccc1)N1CCC2(Cl)CCCCC2C1c1ccccc1. The van der Waals surface area contributed by atoms with E-state index in [1.165, 1.54) is 0 Å². The number of benzene rings is 2. The number of piperidine rings is 1. The first-order valence-corrected chi connectivity index (χ1v) is 11.1. The summed E-state index contributed by atoms with van der Waals surface area (Å²) in [5, 5.41) is 0. The zero-order valence-corrected chi connectivity index (χ0v) is 16.3. The highest BCUT2D eigenvalue weighted by Crippen LogP contribution is 2.53. The first-order valence-electron chi connectivity index (χ1n) is 9.33. The molecule has 1 saturated carbocycles. The van der Waals surface area contributed by atoms with Crippen molar-refractivity contribution in [2.45, 2.75) is 47.9 Å². The van der Waals surface area contributed by atoms with Gasteiger partial charge in [-0.15, -0.1) is 11.6 Å². The van der Waals surface area contributed by atoms with Crippen molar-refractivity contribution in [1.82, 2.24) is 4.31 Å². The first-order chi connectivity index (χ1) is 12.5. The fourth-order valence-electron chi connectivity index (χ4n) is 4.66. The van der Waals surface area contributed by atoms with Gasteiger partial charge in [-0.2, -0.15) is 4.31 Å². The first kappa shape index (κ1) is 18.0. The smallest absolute Gasteiger partial charge is 0.207 e. The zero-order chi connectivity index (χ0) is 18.2. The Morgan fingerprint density at radius 2 is 1.58 bits per heavy atom. The molecule has 138 valence electrons. The zero-order valence-electron chi connectivity index (χ0n) is 14.7. The Labute approximate surface area is 161 Å². The molecule has 3 atom stereocenters. The van der Waals surface area contributed by atoms with Crippen LogP contribution < -0.4 is 0 Å². The number of hydrogen-bond acceptors (Lipinski definition) is 2. The Morgan fingerprint density at radius 1 is 0.923 bits per heavy atom. The Hall–Kier alpha value is -1.36. The number of hydrogen-bond donors (Lipinski definition) is 0. The minimum Gasteiger partial charge on any atom is -0.207 e. The van der Waals surface area contributed by atoms with Crippen LogP contribution in [-0.4, -0.2) is 24.1 Å². The number of halogens is 1. The third kappa shape index (κ3) is 3.08. The van der Waals surface area contributed by atoms with E-state index >= 15 is 0 Å². The highest BCUT2D eigenvalue weighted by atomic mass is 35.5. The van der Waals surface area contributed by atoms with Gasteiger partial charge in [-0.1, -0.05) is 61.4 Å². The Balaban J connectivity index is 1.81. The van der Waals surface area contributed by atoms with E-state index in [4.69, 9.17) is 11.6 Å². The van der Waals surface area contributed by atoms with Crippen LogP contribution in [-0.2, 0) is 10.0 Å². The normalized spacial score (nSPS) is 29.9. The standard InChI is InChI=1S/C21H24ClNO2S/c22-21-14-8-7-13-19(21)20(17-9-3-1-4-10-17)23(16-15-21)26(24,25)18-11-5-2-6-12-18/h1-6,9-12,19-20H,7-8,13-16H2. The molecule has 3 nitrogen and oxygen atoms in total. The Kier molecular flexibility index (Phi) is 4.84. The maximum atomic E-state index is 13.4. The number of nitrogens with zero attached hydrogens (tertiary/aromatic N) is 1. The fraction of sp³-hybridized carbons (Fsp3) is 0.429. The molecule has 1 aliphatic carbocycles. The molecular formula is C21H24ClNO2S. The number of alkyl halides is 1. The van der Waals surface area contributed by atoms with Crippen LogP contribution in [0.3, 0.4) is 0 Å². The maximum absolute atomic E-state index is 13.4. The average Bonchev–Trinajstić information content (AvgIpc) is 2.68. The molecule has 5 heteroatoms. The van der Waals surface area contributed by atoms with Crippen LogP contribution in [0.15, 0.2) is 65.6 Å². The van der Waals surface area contributed by atoms with Crippen molar-refractivity contribution in [2.75, 3.05) is 6.54 Å². The number of sulfonamides is 1. The van der Waals surface area contributed by atoms with Crippen LogP contribution in [0.5, 0.6) is 0 Å². The second-order valence-corrected chi connectivity index (χ2v) is 10.1. The summed E-state index contributed by atoms with van der Waals surface area (Å²) >= 11 is 7.06. The molecule has 0 amide bonds. The monoisotopic (exact) mass is 389 g/mol. The molecule has 1 heterocycles. The number of rotatable bonds is 3. The van der Waals surface area contributed by atoms with E-state index in [2.05, 4.69) is 0 Å². The van der Waals surface area contributed by atoms with Crippen molar-refractivity contribution in [1.29, 1.82) is 0 Å².